The highest BCUT2D eigenvalue weighted by Gasteiger charge is 2.30. The molecular weight excluding hydrogens is 380 g/mol. The van der Waals surface area contributed by atoms with Crippen molar-refractivity contribution in [1.29, 1.82) is 0 Å². The lowest BCUT2D eigenvalue weighted by molar-refractivity contribution is -0.182. The predicted molar refractivity (Wildman–Crippen MR) is 119 cm³/mol. The zero-order chi connectivity index (χ0) is 21.2. The number of piperidine rings is 1. The number of carbonyl (C=O) groups is 1. The highest BCUT2D eigenvalue weighted by molar-refractivity contribution is 5.76. The van der Waals surface area contributed by atoms with E-state index in [2.05, 4.69) is 21.6 Å². The first-order chi connectivity index (χ1) is 14.7. The van der Waals surface area contributed by atoms with Gasteiger partial charge in [-0.1, -0.05) is 6.92 Å². The Morgan fingerprint density at radius 2 is 1.87 bits per heavy atom. The van der Waals surface area contributed by atoms with Gasteiger partial charge in [0.15, 0.2) is 0 Å². The van der Waals surface area contributed by atoms with Crippen molar-refractivity contribution in [2.45, 2.75) is 57.9 Å². The number of rotatable bonds is 11. The number of amides is 1. The van der Waals surface area contributed by atoms with Gasteiger partial charge in [0, 0.05) is 52.3 Å². The summed E-state index contributed by atoms with van der Waals surface area (Å²) < 4.78 is 5.23. The first-order valence-electron chi connectivity index (χ1n) is 12.3. The van der Waals surface area contributed by atoms with Crippen LogP contribution >= 0.6 is 0 Å². The van der Waals surface area contributed by atoms with Gasteiger partial charge in [0.2, 0.25) is 5.91 Å². The van der Waals surface area contributed by atoms with Crippen molar-refractivity contribution >= 4 is 5.91 Å². The Kier molecular flexibility index (Phi) is 10.3. The van der Waals surface area contributed by atoms with E-state index in [1.807, 2.05) is 5.06 Å². The summed E-state index contributed by atoms with van der Waals surface area (Å²) in [6.45, 7) is 12.9. The molecule has 0 saturated carbocycles. The second-order valence-corrected chi connectivity index (χ2v) is 9.22. The summed E-state index contributed by atoms with van der Waals surface area (Å²) in [7, 11) is 1.77. The van der Waals surface area contributed by atoms with Crippen LogP contribution in [-0.4, -0.2) is 111 Å². The quantitative estimate of drug-likeness (QED) is 0.506. The monoisotopic (exact) mass is 424 g/mol. The van der Waals surface area contributed by atoms with Gasteiger partial charge >= 0.3 is 0 Å². The number of carbonyl (C=O) groups excluding carboxylic acids is 1. The van der Waals surface area contributed by atoms with Crippen LogP contribution in [0.3, 0.4) is 0 Å². The van der Waals surface area contributed by atoms with E-state index in [1.54, 1.807) is 7.11 Å². The summed E-state index contributed by atoms with van der Waals surface area (Å²) in [5, 5.41) is 2.00. The topological polar surface area (TPSA) is 48.5 Å². The van der Waals surface area contributed by atoms with Gasteiger partial charge in [0.25, 0.3) is 0 Å². The van der Waals surface area contributed by atoms with E-state index in [0.29, 0.717) is 24.3 Å². The molecule has 0 radical (unpaired) electrons. The van der Waals surface area contributed by atoms with Crippen LogP contribution in [0.1, 0.15) is 51.9 Å². The Bertz CT molecular complexity index is 493. The molecule has 0 spiro atoms. The van der Waals surface area contributed by atoms with Crippen LogP contribution in [0.25, 0.3) is 0 Å². The van der Waals surface area contributed by atoms with E-state index in [4.69, 9.17) is 9.57 Å². The van der Waals surface area contributed by atoms with Crippen molar-refractivity contribution < 1.29 is 14.4 Å². The Balaban J connectivity index is 1.51. The summed E-state index contributed by atoms with van der Waals surface area (Å²) in [6.07, 6.45) is 7.74. The van der Waals surface area contributed by atoms with Crippen LogP contribution in [0.15, 0.2) is 0 Å². The third kappa shape index (κ3) is 7.45. The van der Waals surface area contributed by atoms with E-state index >= 15 is 0 Å². The molecule has 3 aliphatic heterocycles. The van der Waals surface area contributed by atoms with Crippen molar-refractivity contribution in [2.24, 2.45) is 5.92 Å². The third-order valence-corrected chi connectivity index (χ3v) is 7.14. The molecule has 3 aliphatic rings. The molecule has 0 aromatic heterocycles. The van der Waals surface area contributed by atoms with Crippen LogP contribution in [0, 0.1) is 5.92 Å². The molecule has 0 bridgehead atoms. The molecule has 30 heavy (non-hydrogen) atoms. The van der Waals surface area contributed by atoms with Gasteiger partial charge < -0.3 is 14.5 Å². The zero-order valence-electron chi connectivity index (χ0n) is 19.4. The van der Waals surface area contributed by atoms with Gasteiger partial charge in [0.1, 0.15) is 0 Å². The van der Waals surface area contributed by atoms with E-state index in [9.17, 15) is 4.79 Å². The average Bonchev–Trinajstić information content (AvgIpc) is 3.24. The summed E-state index contributed by atoms with van der Waals surface area (Å²) >= 11 is 0. The minimum atomic E-state index is 0.314. The van der Waals surface area contributed by atoms with Crippen LogP contribution < -0.4 is 0 Å². The third-order valence-electron chi connectivity index (χ3n) is 7.14. The molecule has 1 amide bonds. The number of hydroxylamine groups is 2. The Labute approximate surface area is 183 Å². The molecule has 0 aliphatic carbocycles. The van der Waals surface area contributed by atoms with Gasteiger partial charge in [-0.3, -0.25) is 14.5 Å². The minimum absolute atomic E-state index is 0.314. The normalized spacial score (nSPS) is 25.1. The molecule has 174 valence electrons. The minimum Gasteiger partial charge on any atom is -0.383 e. The fraction of sp³-hybridized carbons (Fsp3) is 0.957. The Morgan fingerprint density at radius 3 is 2.57 bits per heavy atom. The Morgan fingerprint density at radius 1 is 1.03 bits per heavy atom. The lowest BCUT2D eigenvalue weighted by atomic mass is 9.95. The molecule has 0 aromatic carbocycles. The molecule has 0 N–H and O–H groups in total. The molecule has 0 unspecified atom stereocenters. The second-order valence-electron chi connectivity index (χ2n) is 9.22. The van der Waals surface area contributed by atoms with Crippen LogP contribution in [0.4, 0.5) is 0 Å². The van der Waals surface area contributed by atoms with E-state index in [1.165, 1.54) is 38.6 Å². The molecule has 3 heterocycles. The maximum atomic E-state index is 13.2. The smallest absolute Gasteiger partial charge is 0.224 e. The number of likely N-dealkylation sites (tertiary alicyclic amines) is 2. The second kappa shape index (κ2) is 13.0. The predicted octanol–water partition coefficient (Wildman–Crippen LogP) is 2.08. The van der Waals surface area contributed by atoms with Gasteiger partial charge in [-0.05, 0) is 70.6 Å². The first kappa shape index (κ1) is 23.9. The molecule has 7 nitrogen and oxygen atoms in total. The van der Waals surface area contributed by atoms with Crippen molar-refractivity contribution in [3.8, 4) is 0 Å². The van der Waals surface area contributed by atoms with Crippen molar-refractivity contribution in [2.75, 3.05) is 79.2 Å². The van der Waals surface area contributed by atoms with Crippen LogP contribution in [0.2, 0.25) is 0 Å². The molecule has 0 aromatic rings. The standard InChI is InChI=1S/C23H44N4O3/c1-3-25-11-6-7-22(25)20-26(23(28)10-15-27-12-4-5-17-30-27)19-21-8-13-24(14-9-21)16-18-29-2/h21-22H,3-20H2,1-2H3/t22-/m0/s1. The average molecular weight is 425 g/mol. The largest absolute Gasteiger partial charge is 0.383 e. The van der Waals surface area contributed by atoms with Crippen molar-refractivity contribution in [3.05, 3.63) is 0 Å². The number of methoxy groups -OCH3 is 1. The fourth-order valence-corrected chi connectivity index (χ4v) is 5.18. The lowest BCUT2D eigenvalue weighted by Gasteiger charge is -2.37. The van der Waals surface area contributed by atoms with E-state index in [-0.39, 0.29) is 0 Å². The van der Waals surface area contributed by atoms with Gasteiger partial charge in [0.05, 0.1) is 13.2 Å². The van der Waals surface area contributed by atoms with Crippen molar-refractivity contribution in [3.63, 3.8) is 0 Å². The molecule has 7 heteroatoms. The number of nitrogens with zero attached hydrogens (tertiary/aromatic N) is 4. The zero-order valence-corrected chi connectivity index (χ0v) is 19.4. The molecule has 3 saturated heterocycles. The number of ether oxygens (including phenoxy) is 1. The van der Waals surface area contributed by atoms with Gasteiger partial charge in [-0.15, -0.1) is 0 Å². The van der Waals surface area contributed by atoms with E-state index < -0.39 is 0 Å². The summed E-state index contributed by atoms with van der Waals surface area (Å²) in [4.78, 5) is 26.2. The summed E-state index contributed by atoms with van der Waals surface area (Å²) in [6, 6.07) is 0.534. The summed E-state index contributed by atoms with van der Waals surface area (Å²) in [5.74, 6) is 0.935. The molecular formula is C23H44N4O3. The van der Waals surface area contributed by atoms with E-state index in [0.717, 1.165) is 72.0 Å². The van der Waals surface area contributed by atoms with Crippen molar-refractivity contribution in [1.82, 2.24) is 19.8 Å². The van der Waals surface area contributed by atoms with Gasteiger partial charge in [-0.2, -0.15) is 5.06 Å². The lowest BCUT2D eigenvalue weighted by Crippen LogP contribution is -2.47. The first-order valence-corrected chi connectivity index (χ1v) is 12.3. The number of hydrogen-bond acceptors (Lipinski definition) is 6. The number of hydrogen-bond donors (Lipinski definition) is 0. The maximum Gasteiger partial charge on any atom is 0.224 e. The highest BCUT2D eigenvalue weighted by atomic mass is 16.7. The molecule has 3 fully saturated rings. The SMILES string of the molecule is CCN1CCC[C@H]1CN(CC1CCN(CCOC)CC1)C(=O)CCN1CCCCO1. The van der Waals surface area contributed by atoms with Gasteiger partial charge in [-0.25, -0.2) is 0 Å². The number of likely N-dealkylation sites (N-methyl/N-ethyl adjacent to an activating group) is 1. The maximum absolute atomic E-state index is 13.2. The Hall–Kier alpha value is -0.730. The molecule has 3 rings (SSSR count). The summed E-state index contributed by atoms with van der Waals surface area (Å²) in [5.41, 5.74) is 0. The highest BCUT2D eigenvalue weighted by Crippen LogP contribution is 2.22. The van der Waals surface area contributed by atoms with Crippen LogP contribution in [-0.2, 0) is 14.4 Å². The fourth-order valence-electron chi connectivity index (χ4n) is 5.18. The van der Waals surface area contributed by atoms with Crippen LogP contribution in [0.5, 0.6) is 0 Å². The molecule has 1 atom stereocenters.